The van der Waals surface area contributed by atoms with Crippen LogP contribution in [-0.2, 0) is 4.79 Å². The van der Waals surface area contributed by atoms with Gasteiger partial charge in [-0.1, -0.05) is 68.3 Å². The Kier molecular flexibility index (Phi) is 13.3. The Morgan fingerprint density at radius 3 is 2.45 bits per heavy atom. The van der Waals surface area contributed by atoms with Crippen molar-refractivity contribution in [1.82, 2.24) is 0 Å². The highest BCUT2D eigenvalue weighted by molar-refractivity contribution is 5.66. The molecule has 22 heavy (non-hydrogen) atoms. The Hall–Kier alpha value is -1.57. The molecule has 124 valence electrons. The summed E-state index contributed by atoms with van der Waals surface area (Å²) >= 11 is 0. The van der Waals surface area contributed by atoms with Gasteiger partial charge >= 0.3 is 5.97 Å². The van der Waals surface area contributed by atoms with Crippen LogP contribution in [0.4, 0.5) is 0 Å². The molecule has 0 aromatic heterocycles. The van der Waals surface area contributed by atoms with Crippen LogP contribution in [-0.4, -0.2) is 11.1 Å². The van der Waals surface area contributed by atoms with Gasteiger partial charge in [-0.3, -0.25) is 4.79 Å². The molecule has 0 heterocycles. The fraction of sp³-hybridized carbons (Fsp3) is 0.550. The highest BCUT2D eigenvalue weighted by atomic mass is 16.4. The van der Waals surface area contributed by atoms with E-state index in [1.54, 1.807) is 6.08 Å². The number of hydrogen-bond donors (Lipinski definition) is 1. The molecule has 2 nitrogen and oxygen atoms in total. The molecule has 0 saturated heterocycles. The first-order valence-electron chi connectivity index (χ1n) is 9.39. The van der Waals surface area contributed by atoms with Gasteiger partial charge in [0.1, 0.15) is 0 Å². The molecule has 0 fully saturated rings. The van der Waals surface area contributed by atoms with Crippen LogP contribution in [0.2, 0.25) is 0 Å². The molecule has 0 radical (unpaired) electrons. The maximum atomic E-state index is 10.4. The third-order valence-corrected chi connectivity index (χ3v) is 3.07. The SMILES string of the molecule is [2H]/C(=C/C/C=C\CCCCC)C/C=C(/[3H])C/C=C\CCCC(=O)O. The highest BCUT2D eigenvalue weighted by Crippen LogP contribution is 2.01. The fourth-order valence-corrected chi connectivity index (χ4v) is 1.82. The smallest absolute Gasteiger partial charge is 0.303 e. The normalized spacial score (nSPS) is 14.6. The number of carboxylic acid groups (broad SMARTS) is 1. The summed E-state index contributed by atoms with van der Waals surface area (Å²) in [7, 11) is 0. The molecule has 0 amide bonds. The van der Waals surface area contributed by atoms with E-state index in [9.17, 15) is 4.79 Å². The largest absolute Gasteiger partial charge is 0.481 e. The van der Waals surface area contributed by atoms with Crippen LogP contribution in [0, 0.1) is 0 Å². The second kappa shape index (κ2) is 17.5. The van der Waals surface area contributed by atoms with Crippen molar-refractivity contribution in [3.05, 3.63) is 48.6 Å². The molecule has 1 N–H and O–H groups in total. The first kappa shape index (κ1) is 16.8. The van der Waals surface area contributed by atoms with Crippen molar-refractivity contribution >= 4 is 5.97 Å². The van der Waals surface area contributed by atoms with E-state index in [0.29, 0.717) is 31.4 Å². The molecule has 0 saturated carbocycles. The van der Waals surface area contributed by atoms with Crippen LogP contribution in [0.5, 0.6) is 0 Å². The van der Waals surface area contributed by atoms with Gasteiger partial charge in [0.25, 0.3) is 0 Å². The van der Waals surface area contributed by atoms with Crippen LogP contribution >= 0.6 is 0 Å². The number of carbonyl (C=O) groups is 1. The Labute approximate surface area is 139 Å². The number of hydrogen-bond acceptors (Lipinski definition) is 1. The number of aliphatic carboxylic acids is 1. The molecule has 0 rings (SSSR count). The van der Waals surface area contributed by atoms with Gasteiger partial charge in [0.15, 0.2) is 0 Å². The average molecular weight is 307 g/mol. The number of carboxylic acids is 1. The molecule has 0 bridgehead atoms. The fourth-order valence-electron chi connectivity index (χ4n) is 1.82. The van der Waals surface area contributed by atoms with Gasteiger partial charge in [0.05, 0.1) is 2.74 Å². The average Bonchev–Trinajstić information content (AvgIpc) is 2.55. The minimum atomic E-state index is -0.768. The van der Waals surface area contributed by atoms with E-state index in [1.807, 2.05) is 18.2 Å². The molecular weight excluding hydrogens is 272 g/mol. The van der Waals surface area contributed by atoms with Crippen molar-refractivity contribution in [2.45, 2.75) is 71.1 Å². The molecular formula is C20H32O2. The predicted octanol–water partition coefficient (Wildman–Crippen LogP) is 6.22. The molecule has 2 heteroatoms. The van der Waals surface area contributed by atoms with E-state index in [1.165, 1.54) is 19.3 Å². The van der Waals surface area contributed by atoms with E-state index in [-0.39, 0.29) is 6.42 Å². The monoisotopic (exact) mass is 307 g/mol. The quantitative estimate of drug-likeness (QED) is 0.305. The van der Waals surface area contributed by atoms with Gasteiger partial charge in [-0.25, -0.2) is 0 Å². The third-order valence-electron chi connectivity index (χ3n) is 3.07. The van der Waals surface area contributed by atoms with E-state index >= 15 is 0 Å². The van der Waals surface area contributed by atoms with Crippen molar-refractivity contribution in [3.63, 3.8) is 0 Å². The number of allylic oxidation sites excluding steroid dienone is 8. The lowest BCUT2D eigenvalue weighted by Crippen LogP contribution is -1.92. The minimum absolute atomic E-state index is 0.188. The van der Waals surface area contributed by atoms with Crippen molar-refractivity contribution in [3.8, 4) is 0 Å². The first-order chi connectivity index (χ1) is 11.6. The van der Waals surface area contributed by atoms with E-state index < -0.39 is 5.97 Å². The zero-order valence-electron chi connectivity index (χ0n) is 15.9. The molecule has 0 aromatic rings. The Bertz CT molecular complexity index is 449. The highest BCUT2D eigenvalue weighted by Gasteiger charge is 1.92. The molecule has 0 aliphatic rings. The van der Waals surface area contributed by atoms with Gasteiger partial charge in [0, 0.05) is 6.42 Å². The van der Waals surface area contributed by atoms with Crippen molar-refractivity contribution in [1.29, 1.82) is 0 Å². The lowest BCUT2D eigenvalue weighted by molar-refractivity contribution is -0.137. The minimum Gasteiger partial charge on any atom is -0.481 e. The van der Waals surface area contributed by atoms with Gasteiger partial charge in [-0.05, 0) is 44.9 Å². The Balaban J connectivity index is 3.85. The lowest BCUT2D eigenvalue weighted by Gasteiger charge is -1.90. The van der Waals surface area contributed by atoms with Gasteiger partial charge < -0.3 is 5.11 Å². The second-order valence-electron chi connectivity index (χ2n) is 5.19. The maximum Gasteiger partial charge on any atom is 0.303 e. The third kappa shape index (κ3) is 18.4. The summed E-state index contributed by atoms with van der Waals surface area (Å²) in [5.74, 6) is -0.768. The summed E-state index contributed by atoms with van der Waals surface area (Å²) in [4.78, 5) is 10.4. The molecule has 0 aromatic carbocycles. The maximum absolute atomic E-state index is 10.4. The summed E-state index contributed by atoms with van der Waals surface area (Å²) in [5, 5.41) is 8.52. The number of rotatable bonds is 14. The summed E-state index contributed by atoms with van der Waals surface area (Å²) in [5.41, 5.74) is 0. The summed E-state index contributed by atoms with van der Waals surface area (Å²) < 4.78 is 15.7. The zero-order valence-corrected chi connectivity index (χ0v) is 13.9. The van der Waals surface area contributed by atoms with E-state index in [4.69, 9.17) is 7.85 Å². The molecule has 0 atom stereocenters. The van der Waals surface area contributed by atoms with Crippen LogP contribution in [0.15, 0.2) is 48.6 Å². The standard InChI is InChI=1S/C20H32O2/c1-2-3-4-5-6-7-8-9-10-11-12-13-14-15-16-17-18-19-20(21)22/h6-7,9-10,12-13,15-16H,2-5,8,11,14,17-19H2,1H3,(H,21,22)/b7-6-,10-9-,13-12-,16-15-/i10D,13T. The molecule has 0 aliphatic carbocycles. The first-order valence-corrected chi connectivity index (χ1v) is 8.39. The van der Waals surface area contributed by atoms with Crippen LogP contribution in [0.25, 0.3) is 0 Å². The predicted molar refractivity (Wildman–Crippen MR) is 96.0 cm³/mol. The molecule has 0 spiro atoms. The number of unbranched alkanes of at least 4 members (excludes halogenated alkanes) is 4. The summed E-state index contributed by atoms with van der Waals surface area (Å²) in [6.45, 7) is 2.20. The van der Waals surface area contributed by atoms with E-state index in [2.05, 4.69) is 19.1 Å². The van der Waals surface area contributed by atoms with Gasteiger partial charge in [-0.15, -0.1) is 0 Å². The van der Waals surface area contributed by atoms with Crippen LogP contribution in [0.3, 0.4) is 0 Å². The summed E-state index contributed by atoms with van der Waals surface area (Å²) in [6.07, 6.45) is 20.0. The van der Waals surface area contributed by atoms with Crippen molar-refractivity contribution in [2.24, 2.45) is 0 Å². The van der Waals surface area contributed by atoms with Gasteiger partial charge in [-0.2, -0.15) is 0 Å². The zero-order chi connectivity index (χ0) is 18.0. The van der Waals surface area contributed by atoms with Crippen molar-refractivity contribution < 1.29 is 12.6 Å². The van der Waals surface area contributed by atoms with Crippen LogP contribution in [0.1, 0.15) is 73.9 Å². The second-order valence-corrected chi connectivity index (χ2v) is 5.19. The van der Waals surface area contributed by atoms with E-state index in [0.717, 1.165) is 19.3 Å². The van der Waals surface area contributed by atoms with Crippen molar-refractivity contribution in [2.75, 3.05) is 0 Å². The summed E-state index contributed by atoms with van der Waals surface area (Å²) in [6, 6.07) is 1.04. The molecule has 0 aliphatic heterocycles. The van der Waals surface area contributed by atoms with Gasteiger partial charge in [0.2, 0.25) is 0 Å². The lowest BCUT2D eigenvalue weighted by atomic mass is 10.2. The Morgan fingerprint density at radius 2 is 1.73 bits per heavy atom. The van der Waals surface area contributed by atoms with Crippen LogP contribution < -0.4 is 0 Å². The Morgan fingerprint density at radius 1 is 1.00 bits per heavy atom. The molecule has 0 unspecified atom stereocenters. The topological polar surface area (TPSA) is 37.3 Å².